The standard InChI is InChI=1S/C16H12Cl3N3O/c17-10-4-5-15-21-11(9-22(15)8-10)7-20-16(23)6-12-13(18)2-1-3-14(12)19/h1-5,8-9H,6-7H2,(H,20,23). The first-order valence-corrected chi connectivity index (χ1v) is 7.99. The maximum atomic E-state index is 12.1. The van der Waals surface area contributed by atoms with Crippen LogP contribution in [0.15, 0.2) is 42.7 Å². The van der Waals surface area contributed by atoms with Gasteiger partial charge in [-0.1, -0.05) is 40.9 Å². The van der Waals surface area contributed by atoms with Gasteiger partial charge < -0.3 is 9.72 Å². The molecule has 3 rings (SSSR count). The molecule has 0 radical (unpaired) electrons. The smallest absolute Gasteiger partial charge is 0.224 e. The zero-order valence-electron chi connectivity index (χ0n) is 11.9. The Labute approximate surface area is 148 Å². The largest absolute Gasteiger partial charge is 0.350 e. The summed E-state index contributed by atoms with van der Waals surface area (Å²) in [6.07, 6.45) is 3.71. The maximum absolute atomic E-state index is 12.1. The molecular formula is C16H12Cl3N3O. The highest BCUT2D eigenvalue weighted by Gasteiger charge is 2.11. The average Bonchev–Trinajstić information content (AvgIpc) is 2.91. The van der Waals surface area contributed by atoms with E-state index in [0.717, 1.165) is 11.3 Å². The molecule has 0 bridgehead atoms. The number of carbonyl (C=O) groups excluding carboxylic acids is 1. The van der Waals surface area contributed by atoms with E-state index in [0.29, 0.717) is 27.2 Å². The molecule has 0 aliphatic carbocycles. The molecule has 1 aromatic carbocycles. The fraction of sp³-hybridized carbons (Fsp3) is 0.125. The van der Waals surface area contributed by atoms with E-state index in [2.05, 4.69) is 10.3 Å². The predicted molar refractivity (Wildman–Crippen MR) is 92.2 cm³/mol. The number of amides is 1. The van der Waals surface area contributed by atoms with Gasteiger partial charge in [0.15, 0.2) is 0 Å². The third-order valence-electron chi connectivity index (χ3n) is 3.33. The summed E-state index contributed by atoms with van der Waals surface area (Å²) < 4.78 is 1.81. The van der Waals surface area contributed by atoms with Crippen molar-refractivity contribution in [2.45, 2.75) is 13.0 Å². The summed E-state index contributed by atoms with van der Waals surface area (Å²) in [5, 5.41) is 4.40. The topological polar surface area (TPSA) is 46.4 Å². The molecule has 2 heterocycles. The molecule has 118 valence electrons. The van der Waals surface area contributed by atoms with Crippen molar-refractivity contribution in [3.8, 4) is 0 Å². The molecule has 2 aromatic heterocycles. The Bertz CT molecular complexity index is 856. The van der Waals surface area contributed by atoms with E-state index in [4.69, 9.17) is 34.8 Å². The predicted octanol–water partition coefficient (Wildman–Crippen LogP) is 4.15. The van der Waals surface area contributed by atoms with Crippen LogP contribution in [0.5, 0.6) is 0 Å². The van der Waals surface area contributed by atoms with Gasteiger partial charge >= 0.3 is 0 Å². The van der Waals surface area contributed by atoms with Gasteiger partial charge in [-0.15, -0.1) is 0 Å². The lowest BCUT2D eigenvalue weighted by atomic mass is 10.1. The third-order valence-corrected chi connectivity index (χ3v) is 4.26. The van der Waals surface area contributed by atoms with Crippen LogP contribution in [0.25, 0.3) is 5.65 Å². The number of nitrogens with zero attached hydrogens (tertiary/aromatic N) is 2. The molecule has 0 spiro atoms. The first kappa shape index (κ1) is 16.1. The number of hydrogen-bond acceptors (Lipinski definition) is 2. The molecule has 0 saturated heterocycles. The monoisotopic (exact) mass is 367 g/mol. The molecule has 4 nitrogen and oxygen atoms in total. The van der Waals surface area contributed by atoms with Gasteiger partial charge in [0, 0.05) is 22.4 Å². The minimum Gasteiger partial charge on any atom is -0.350 e. The fourth-order valence-corrected chi connectivity index (χ4v) is 2.92. The number of halogens is 3. The molecule has 0 unspecified atom stereocenters. The van der Waals surface area contributed by atoms with Crippen LogP contribution >= 0.6 is 34.8 Å². The molecule has 0 fully saturated rings. The number of fused-ring (bicyclic) bond motifs is 1. The summed E-state index contributed by atoms with van der Waals surface area (Å²) in [6, 6.07) is 8.75. The zero-order valence-corrected chi connectivity index (χ0v) is 14.2. The second-order valence-electron chi connectivity index (χ2n) is 5.00. The lowest BCUT2D eigenvalue weighted by molar-refractivity contribution is -0.120. The number of nitrogens with one attached hydrogen (secondary N) is 1. The Kier molecular flexibility index (Phi) is 4.76. The molecule has 3 aromatic rings. The van der Waals surface area contributed by atoms with Crippen molar-refractivity contribution in [2.24, 2.45) is 0 Å². The molecule has 1 amide bonds. The summed E-state index contributed by atoms with van der Waals surface area (Å²) in [4.78, 5) is 16.5. The van der Waals surface area contributed by atoms with Crippen molar-refractivity contribution in [1.29, 1.82) is 0 Å². The summed E-state index contributed by atoms with van der Waals surface area (Å²) in [5.74, 6) is -0.171. The summed E-state index contributed by atoms with van der Waals surface area (Å²) in [5.41, 5.74) is 2.13. The quantitative estimate of drug-likeness (QED) is 0.752. The van der Waals surface area contributed by atoms with E-state index in [9.17, 15) is 4.79 Å². The first-order chi connectivity index (χ1) is 11.0. The second kappa shape index (κ2) is 6.79. The fourth-order valence-electron chi connectivity index (χ4n) is 2.22. The highest BCUT2D eigenvalue weighted by Crippen LogP contribution is 2.24. The van der Waals surface area contributed by atoms with Crippen LogP contribution in [-0.4, -0.2) is 15.3 Å². The minimum absolute atomic E-state index is 0.123. The number of aromatic nitrogens is 2. The Morgan fingerprint density at radius 3 is 2.57 bits per heavy atom. The Hall–Kier alpha value is -1.75. The Balaban J connectivity index is 1.66. The van der Waals surface area contributed by atoms with Crippen LogP contribution in [0.4, 0.5) is 0 Å². The SMILES string of the molecule is O=C(Cc1c(Cl)cccc1Cl)NCc1cn2cc(Cl)ccc2n1. The molecule has 0 aliphatic rings. The normalized spacial score (nSPS) is 10.9. The van der Waals surface area contributed by atoms with Crippen molar-refractivity contribution in [3.05, 3.63) is 69.1 Å². The summed E-state index contributed by atoms with van der Waals surface area (Å²) in [7, 11) is 0. The molecule has 0 saturated carbocycles. The van der Waals surface area contributed by atoms with Gasteiger partial charge in [-0.2, -0.15) is 0 Å². The number of pyridine rings is 1. The number of benzene rings is 1. The van der Waals surface area contributed by atoms with E-state index in [1.165, 1.54) is 0 Å². The van der Waals surface area contributed by atoms with E-state index >= 15 is 0 Å². The minimum atomic E-state index is -0.171. The van der Waals surface area contributed by atoms with E-state index in [-0.39, 0.29) is 12.3 Å². The number of imidazole rings is 1. The highest BCUT2D eigenvalue weighted by molar-refractivity contribution is 6.36. The van der Waals surface area contributed by atoms with Crippen LogP contribution < -0.4 is 5.32 Å². The summed E-state index contributed by atoms with van der Waals surface area (Å²) in [6.45, 7) is 0.320. The van der Waals surface area contributed by atoms with Gasteiger partial charge in [0.05, 0.1) is 23.7 Å². The van der Waals surface area contributed by atoms with Gasteiger partial charge in [-0.25, -0.2) is 4.98 Å². The Morgan fingerprint density at radius 1 is 1.09 bits per heavy atom. The number of carbonyl (C=O) groups is 1. The summed E-state index contributed by atoms with van der Waals surface area (Å²) >= 11 is 18.1. The lowest BCUT2D eigenvalue weighted by Crippen LogP contribution is -2.25. The lowest BCUT2D eigenvalue weighted by Gasteiger charge is -2.07. The van der Waals surface area contributed by atoms with Crippen molar-refractivity contribution in [1.82, 2.24) is 14.7 Å². The van der Waals surface area contributed by atoms with Crippen LogP contribution in [0.3, 0.4) is 0 Å². The first-order valence-electron chi connectivity index (χ1n) is 6.85. The highest BCUT2D eigenvalue weighted by atomic mass is 35.5. The second-order valence-corrected chi connectivity index (χ2v) is 6.25. The molecule has 0 aliphatic heterocycles. The van der Waals surface area contributed by atoms with Crippen LogP contribution in [0.1, 0.15) is 11.3 Å². The van der Waals surface area contributed by atoms with Crippen molar-refractivity contribution in [2.75, 3.05) is 0 Å². The average molecular weight is 369 g/mol. The molecule has 7 heteroatoms. The third kappa shape index (κ3) is 3.78. The van der Waals surface area contributed by atoms with Gasteiger partial charge in [-0.3, -0.25) is 4.79 Å². The van der Waals surface area contributed by atoms with E-state index in [1.807, 2.05) is 16.7 Å². The van der Waals surface area contributed by atoms with Crippen LogP contribution in [0, 0.1) is 0 Å². The van der Waals surface area contributed by atoms with Crippen LogP contribution in [0.2, 0.25) is 15.1 Å². The van der Waals surface area contributed by atoms with E-state index in [1.54, 1.807) is 30.5 Å². The van der Waals surface area contributed by atoms with Gasteiger partial charge in [0.2, 0.25) is 5.91 Å². The number of hydrogen-bond donors (Lipinski definition) is 1. The van der Waals surface area contributed by atoms with Gasteiger partial charge in [0.25, 0.3) is 0 Å². The van der Waals surface area contributed by atoms with Gasteiger partial charge in [-0.05, 0) is 29.8 Å². The van der Waals surface area contributed by atoms with Gasteiger partial charge in [0.1, 0.15) is 5.65 Å². The molecular weight excluding hydrogens is 357 g/mol. The van der Waals surface area contributed by atoms with Crippen molar-refractivity contribution < 1.29 is 4.79 Å². The van der Waals surface area contributed by atoms with E-state index < -0.39 is 0 Å². The molecule has 0 atom stereocenters. The molecule has 23 heavy (non-hydrogen) atoms. The van der Waals surface area contributed by atoms with Crippen molar-refractivity contribution in [3.63, 3.8) is 0 Å². The Morgan fingerprint density at radius 2 is 1.83 bits per heavy atom. The van der Waals surface area contributed by atoms with Crippen LogP contribution in [-0.2, 0) is 17.8 Å². The van der Waals surface area contributed by atoms with Crippen molar-refractivity contribution >= 4 is 46.4 Å². The maximum Gasteiger partial charge on any atom is 0.224 e. The molecule has 1 N–H and O–H groups in total. The number of rotatable bonds is 4. The zero-order chi connectivity index (χ0) is 16.4.